The van der Waals surface area contributed by atoms with Gasteiger partial charge in [-0.1, -0.05) is 0 Å². The van der Waals surface area contributed by atoms with Gasteiger partial charge in [-0.25, -0.2) is 0 Å². The second-order valence-corrected chi connectivity index (χ2v) is 3.25. The first-order chi connectivity index (χ1) is 7.51. The van der Waals surface area contributed by atoms with Crippen LogP contribution in [0.4, 0.5) is 0 Å². The first kappa shape index (κ1) is 21.1. The van der Waals surface area contributed by atoms with E-state index in [-0.39, 0.29) is 0 Å². The van der Waals surface area contributed by atoms with E-state index in [0.717, 1.165) is 13.8 Å². The van der Waals surface area contributed by atoms with Gasteiger partial charge in [0.1, 0.15) is 11.7 Å². The highest BCUT2D eigenvalue weighted by molar-refractivity contribution is 5.63. The Bertz CT molecular complexity index is 193. The molecule has 0 bridgehead atoms. The molecule has 8 nitrogen and oxygen atoms in total. The molecule has 2 atom stereocenters. The molecule has 0 aliphatic heterocycles. The summed E-state index contributed by atoms with van der Waals surface area (Å²) in [7, 11) is 0. The van der Waals surface area contributed by atoms with Gasteiger partial charge in [0.2, 0.25) is 0 Å². The highest BCUT2D eigenvalue weighted by Crippen LogP contribution is 2.06. The van der Waals surface area contributed by atoms with Crippen LogP contribution in [0.2, 0.25) is 0 Å². The molecular weight excluding hydrogens is 236 g/mol. The summed E-state index contributed by atoms with van der Waals surface area (Å²) < 4.78 is 0. The third kappa shape index (κ3) is 25.2. The van der Waals surface area contributed by atoms with E-state index in [4.69, 9.17) is 40.2 Å². The van der Waals surface area contributed by atoms with E-state index in [1.165, 1.54) is 6.92 Å². The van der Waals surface area contributed by atoms with Crippen LogP contribution in [-0.2, 0) is 9.59 Å². The molecule has 0 aromatic rings. The summed E-state index contributed by atoms with van der Waals surface area (Å²) in [6, 6.07) is 0. The van der Waals surface area contributed by atoms with Crippen molar-refractivity contribution >= 4 is 11.9 Å². The van der Waals surface area contributed by atoms with E-state index in [1.807, 2.05) is 0 Å². The van der Waals surface area contributed by atoms with Crippen molar-refractivity contribution in [3.63, 3.8) is 0 Å². The van der Waals surface area contributed by atoms with Crippen molar-refractivity contribution in [1.82, 2.24) is 0 Å². The Morgan fingerprint density at radius 2 is 1.35 bits per heavy atom. The number of hydrogen-bond donors (Lipinski definition) is 6. The zero-order valence-corrected chi connectivity index (χ0v) is 9.99. The summed E-state index contributed by atoms with van der Waals surface area (Å²) >= 11 is 0. The van der Waals surface area contributed by atoms with E-state index in [9.17, 15) is 0 Å². The summed E-state index contributed by atoms with van der Waals surface area (Å²) in [6.07, 6.45) is -1.28. The van der Waals surface area contributed by atoms with E-state index in [2.05, 4.69) is 0 Å². The monoisotopic (exact) mass is 256 g/mol. The van der Waals surface area contributed by atoms with Gasteiger partial charge < -0.3 is 30.6 Å². The maximum absolute atomic E-state index is 9.00. The van der Waals surface area contributed by atoms with Crippen LogP contribution < -0.4 is 0 Å². The second-order valence-electron chi connectivity index (χ2n) is 3.25. The van der Waals surface area contributed by atoms with Crippen LogP contribution in [0.15, 0.2) is 0 Å². The third-order valence-electron chi connectivity index (χ3n) is 1.21. The minimum Gasteiger partial charge on any atom is -0.481 e. The van der Waals surface area contributed by atoms with Crippen molar-refractivity contribution in [2.75, 3.05) is 13.2 Å². The molecule has 0 heterocycles. The molecule has 0 aliphatic carbocycles. The largest absolute Gasteiger partial charge is 0.481 e. The second kappa shape index (κ2) is 11.3. The molecule has 0 radical (unpaired) electrons. The topological polar surface area (TPSA) is 156 Å². The maximum atomic E-state index is 9.00. The lowest BCUT2D eigenvalue weighted by molar-refractivity contribution is -0.135. The summed E-state index contributed by atoms with van der Waals surface area (Å²) in [5, 5.41) is 49.1. The number of hydrogen-bond acceptors (Lipinski definition) is 6. The molecule has 0 aromatic carbocycles. The van der Waals surface area contributed by atoms with Crippen LogP contribution in [-0.4, -0.2) is 67.5 Å². The number of rotatable bonds is 3. The highest BCUT2D eigenvalue weighted by atomic mass is 16.4. The normalized spacial score (nSPS) is 14.1. The minimum absolute atomic E-state index is 0.548. The fourth-order valence-corrected chi connectivity index (χ4v) is 0.302. The van der Waals surface area contributed by atoms with Crippen molar-refractivity contribution in [3.8, 4) is 0 Å². The van der Waals surface area contributed by atoms with Crippen LogP contribution in [0.5, 0.6) is 0 Å². The molecule has 8 heteroatoms. The Kier molecular flexibility index (Phi) is 14.0. The fourth-order valence-electron chi connectivity index (χ4n) is 0.302. The Morgan fingerprint density at radius 3 is 1.41 bits per heavy atom. The lowest BCUT2D eigenvalue weighted by Crippen LogP contribution is -2.44. The zero-order chi connectivity index (χ0) is 14.6. The molecule has 0 amide bonds. The van der Waals surface area contributed by atoms with Gasteiger partial charge in [0, 0.05) is 13.8 Å². The van der Waals surface area contributed by atoms with Crippen LogP contribution in [0.1, 0.15) is 20.8 Å². The van der Waals surface area contributed by atoms with Gasteiger partial charge in [-0.2, -0.15) is 0 Å². The van der Waals surface area contributed by atoms with Crippen molar-refractivity contribution in [2.45, 2.75) is 32.5 Å². The fraction of sp³-hybridized carbons (Fsp3) is 0.778. The van der Waals surface area contributed by atoms with Gasteiger partial charge in [-0.15, -0.1) is 0 Å². The molecule has 0 spiro atoms. The predicted molar refractivity (Wildman–Crippen MR) is 57.4 cm³/mol. The first-order valence-electron chi connectivity index (χ1n) is 4.52. The smallest absolute Gasteiger partial charge is 0.300 e. The molecule has 0 unspecified atom stereocenters. The zero-order valence-electron chi connectivity index (χ0n) is 9.99. The lowest BCUT2D eigenvalue weighted by atomic mass is 10.0. The van der Waals surface area contributed by atoms with E-state index >= 15 is 0 Å². The summed E-state index contributed by atoms with van der Waals surface area (Å²) in [5.74, 6) is -1.67. The van der Waals surface area contributed by atoms with E-state index in [0.29, 0.717) is 0 Å². The molecular formula is C9H20O8. The molecule has 0 fully saturated rings. The van der Waals surface area contributed by atoms with Crippen LogP contribution >= 0.6 is 0 Å². The summed E-state index contributed by atoms with van der Waals surface area (Å²) in [6.45, 7) is 2.30. The lowest BCUT2D eigenvalue weighted by Gasteiger charge is -2.24. The molecule has 0 rings (SSSR count). The van der Waals surface area contributed by atoms with Gasteiger partial charge in [0.15, 0.2) is 0 Å². The summed E-state index contributed by atoms with van der Waals surface area (Å²) in [5.41, 5.74) is -1.59. The Labute approximate surface area is 98.8 Å². The molecule has 17 heavy (non-hydrogen) atoms. The third-order valence-corrected chi connectivity index (χ3v) is 1.21. The van der Waals surface area contributed by atoms with Crippen LogP contribution in [0.3, 0.4) is 0 Å². The number of aliphatic carboxylic acids is 2. The Hall–Kier alpha value is -1.22. The quantitative estimate of drug-likeness (QED) is 0.347. The SMILES string of the molecule is CC(=O)O.CC(=O)O.C[C@](O)(CO)[C@H](O)CO. The first-order valence-corrected chi connectivity index (χ1v) is 4.52. The number of carboxylic acids is 2. The van der Waals surface area contributed by atoms with Gasteiger partial charge in [0.05, 0.1) is 13.2 Å². The van der Waals surface area contributed by atoms with Crippen molar-refractivity contribution in [3.05, 3.63) is 0 Å². The van der Waals surface area contributed by atoms with Crippen LogP contribution in [0.25, 0.3) is 0 Å². The average Bonchev–Trinajstić information content (AvgIpc) is 2.14. The highest BCUT2D eigenvalue weighted by Gasteiger charge is 2.28. The number of carboxylic acid groups (broad SMARTS) is 2. The molecule has 0 saturated heterocycles. The molecule has 6 N–H and O–H groups in total. The number of aliphatic hydroxyl groups is 4. The summed E-state index contributed by atoms with van der Waals surface area (Å²) in [4.78, 5) is 18.0. The van der Waals surface area contributed by atoms with Gasteiger partial charge in [0.25, 0.3) is 11.9 Å². The maximum Gasteiger partial charge on any atom is 0.300 e. The van der Waals surface area contributed by atoms with E-state index in [1.54, 1.807) is 0 Å². The predicted octanol–water partition coefficient (Wildman–Crippen LogP) is -1.74. The standard InChI is InChI=1S/C5H12O4.2C2H4O2/c1-5(9,3-7)4(8)2-6;2*1-2(3)4/h4,6-9H,2-3H2,1H3;2*1H3,(H,3,4)/t4-,5+;;/m1../s1. The molecule has 104 valence electrons. The minimum atomic E-state index is -1.59. The van der Waals surface area contributed by atoms with Crippen molar-refractivity contribution in [1.29, 1.82) is 0 Å². The molecule has 0 saturated carbocycles. The van der Waals surface area contributed by atoms with Gasteiger partial charge >= 0.3 is 0 Å². The van der Waals surface area contributed by atoms with Gasteiger partial charge in [-0.05, 0) is 6.92 Å². The number of aliphatic hydroxyl groups excluding tert-OH is 3. The van der Waals surface area contributed by atoms with E-state index < -0.39 is 36.9 Å². The average molecular weight is 256 g/mol. The Morgan fingerprint density at radius 1 is 1.12 bits per heavy atom. The number of carbonyl (C=O) groups is 2. The van der Waals surface area contributed by atoms with Crippen LogP contribution in [0, 0.1) is 0 Å². The Balaban J connectivity index is -0.000000205. The van der Waals surface area contributed by atoms with Crippen molar-refractivity contribution < 1.29 is 40.2 Å². The van der Waals surface area contributed by atoms with Crippen molar-refractivity contribution in [2.24, 2.45) is 0 Å². The van der Waals surface area contributed by atoms with Gasteiger partial charge in [-0.3, -0.25) is 9.59 Å². The molecule has 0 aromatic heterocycles. The molecule has 0 aliphatic rings.